The first kappa shape index (κ1) is 23.1. The van der Waals surface area contributed by atoms with Crippen LogP contribution in [0.4, 0.5) is 10.5 Å². The lowest BCUT2D eigenvalue weighted by molar-refractivity contribution is 0.0980. The fourth-order valence-electron chi connectivity index (χ4n) is 4.73. The van der Waals surface area contributed by atoms with Gasteiger partial charge < -0.3 is 14.9 Å². The van der Waals surface area contributed by atoms with Gasteiger partial charge in [-0.25, -0.2) is 4.79 Å². The summed E-state index contributed by atoms with van der Waals surface area (Å²) in [7, 11) is 0. The lowest BCUT2D eigenvalue weighted by atomic mass is 9.80. The molecule has 5 nitrogen and oxygen atoms in total. The van der Waals surface area contributed by atoms with Crippen LogP contribution in [0.1, 0.15) is 80.8 Å². The van der Waals surface area contributed by atoms with Gasteiger partial charge in [-0.05, 0) is 69.7 Å². The topological polar surface area (TPSA) is 70.0 Å². The third kappa shape index (κ3) is 3.91. The molecular weight excluding hydrogens is 390 g/mol. The Balaban J connectivity index is 2.30. The Morgan fingerprint density at radius 1 is 1.06 bits per heavy atom. The molecule has 0 aliphatic carbocycles. The molecule has 1 aliphatic heterocycles. The summed E-state index contributed by atoms with van der Waals surface area (Å²) in [5, 5.41) is 21.9. The normalized spacial score (nSPS) is 15.4. The zero-order chi connectivity index (χ0) is 23.3. The highest BCUT2D eigenvalue weighted by Crippen LogP contribution is 2.48. The van der Waals surface area contributed by atoms with Crippen LogP contribution in [0.3, 0.4) is 0 Å². The molecule has 0 saturated carbocycles. The Bertz CT molecular complexity index is 998. The molecule has 168 valence electrons. The first-order valence-electron chi connectivity index (χ1n) is 10.9. The predicted molar refractivity (Wildman–Crippen MR) is 125 cm³/mol. The molecular formula is C26H35NO4. The van der Waals surface area contributed by atoms with Gasteiger partial charge in [0.2, 0.25) is 0 Å². The van der Waals surface area contributed by atoms with Crippen molar-refractivity contribution in [2.75, 3.05) is 11.5 Å². The number of hydrogen-bond donors (Lipinski definition) is 2. The van der Waals surface area contributed by atoms with Crippen LogP contribution in [0.5, 0.6) is 5.75 Å². The molecule has 2 aromatic rings. The molecule has 2 aromatic carbocycles. The van der Waals surface area contributed by atoms with E-state index in [1.54, 1.807) is 6.92 Å². The largest absolute Gasteiger partial charge is 0.493 e. The van der Waals surface area contributed by atoms with Gasteiger partial charge in [0.1, 0.15) is 11.4 Å². The summed E-state index contributed by atoms with van der Waals surface area (Å²) in [4.78, 5) is 13.7. The Kier molecular flexibility index (Phi) is 5.87. The van der Waals surface area contributed by atoms with E-state index in [2.05, 4.69) is 13.8 Å². The minimum absolute atomic E-state index is 0.398. The van der Waals surface area contributed by atoms with Crippen LogP contribution in [0.15, 0.2) is 24.3 Å². The smallest absolute Gasteiger partial charge is 0.412 e. The monoisotopic (exact) mass is 425 g/mol. The van der Waals surface area contributed by atoms with E-state index in [-0.39, 0.29) is 0 Å². The number of nitrogens with zero attached hydrogens (tertiary/aromatic N) is 1. The lowest BCUT2D eigenvalue weighted by Gasteiger charge is -2.38. The van der Waals surface area contributed by atoms with Crippen molar-refractivity contribution in [3.8, 4) is 5.75 Å². The van der Waals surface area contributed by atoms with Crippen LogP contribution in [0, 0.1) is 13.8 Å². The van der Waals surface area contributed by atoms with Crippen LogP contribution in [0.25, 0.3) is 0 Å². The van der Waals surface area contributed by atoms with E-state index in [9.17, 15) is 15.0 Å². The maximum Gasteiger partial charge on any atom is 0.412 e. The summed E-state index contributed by atoms with van der Waals surface area (Å²) in [5.41, 5.74) is 3.87. The second-order valence-electron chi connectivity index (χ2n) is 10.0. The number of amides is 1. The maximum absolute atomic E-state index is 12.3. The van der Waals surface area contributed by atoms with Crippen LogP contribution >= 0.6 is 0 Å². The van der Waals surface area contributed by atoms with Gasteiger partial charge in [0.15, 0.2) is 0 Å². The zero-order valence-corrected chi connectivity index (χ0v) is 20.0. The van der Waals surface area contributed by atoms with Gasteiger partial charge in [-0.3, -0.25) is 4.90 Å². The summed E-state index contributed by atoms with van der Waals surface area (Å²) >= 11 is 0. The SMILES string of the molecule is Cc1c2c(c(C(C)(O)c3ccc(C(C)C)cc3)c(C)c1N(C(=O)O)C(C)(C)C)OCC2. The van der Waals surface area contributed by atoms with Gasteiger partial charge in [0.25, 0.3) is 0 Å². The predicted octanol–water partition coefficient (Wildman–Crippen LogP) is 5.90. The van der Waals surface area contributed by atoms with E-state index in [4.69, 9.17) is 4.74 Å². The number of fused-ring (bicyclic) bond motifs is 1. The fourth-order valence-corrected chi connectivity index (χ4v) is 4.73. The average Bonchev–Trinajstić information content (AvgIpc) is 3.13. The minimum Gasteiger partial charge on any atom is -0.493 e. The van der Waals surface area contributed by atoms with E-state index in [0.717, 1.165) is 22.3 Å². The lowest BCUT2D eigenvalue weighted by Crippen LogP contribution is -2.46. The van der Waals surface area contributed by atoms with Crippen molar-refractivity contribution in [1.29, 1.82) is 0 Å². The van der Waals surface area contributed by atoms with E-state index in [1.165, 1.54) is 10.5 Å². The molecule has 5 heteroatoms. The number of benzene rings is 2. The average molecular weight is 426 g/mol. The number of carbonyl (C=O) groups is 1. The van der Waals surface area contributed by atoms with Crippen molar-refractivity contribution >= 4 is 11.8 Å². The molecule has 31 heavy (non-hydrogen) atoms. The van der Waals surface area contributed by atoms with Gasteiger partial charge in [-0.2, -0.15) is 0 Å². The van der Waals surface area contributed by atoms with E-state index in [0.29, 0.717) is 35.9 Å². The molecule has 0 fully saturated rings. The van der Waals surface area contributed by atoms with Crippen LogP contribution in [-0.2, 0) is 12.0 Å². The molecule has 0 saturated heterocycles. The number of anilines is 1. The molecule has 0 aromatic heterocycles. The van der Waals surface area contributed by atoms with Crippen molar-refractivity contribution in [1.82, 2.24) is 0 Å². The van der Waals surface area contributed by atoms with Crippen molar-refractivity contribution in [2.45, 2.75) is 78.9 Å². The Labute approximate surface area is 185 Å². The highest BCUT2D eigenvalue weighted by atomic mass is 16.5. The summed E-state index contributed by atoms with van der Waals surface area (Å²) in [6.45, 7) is 16.0. The first-order chi connectivity index (χ1) is 14.3. The standard InChI is InChI=1S/C26H35NO4/c1-15(2)18-9-11-19(12-10-18)26(8,30)21-17(4)22(27(24(28)29)25(5,6)7)16(3)20-13-14-31-23(20)21/h9-12,15,30H,13-14H2,1-8H3,(H,28,29). The maximum atomic E-state index is 12.3. The highest BCUT2D eigenvalue weighted by molar-refractivity contribution is 5.91. The van der Waals surface area contributed by atoms with E-state index < -0.39 is 17.2 Å². The molecule has 3 rings (SSSR count). The molecule has 1 aliphatic rings. The van der Waals surface area contributed by atoms with Gasteiger partial charge in [-0.15, -0.1) is 0 Å². The highest BCUT2D eigenvalue weighted by Gasteiger charge is 2.40. The summed E-state index contributed by atoms with van der Waals surface area (Å²) in [6.07, 6.45) is -0.314. The van der Waals surface area contributed by atoms with Gasteiger partial charge in [0.05, 0.1) is 12.3 Å². The second-order valence-corrected chi connectivity index (χ2v) is 10.0. The minimum atomic E-state index is -1.33. The number of rotatable bonds is 4. The third-order valence-electron chi connectivity index (χ3n) is 6.35. The quantitative estimate of drug-likeness (QED) is 0.640. The van der Waals surface area contributed by atoms with Crippen molar-refractivity contribution in [3.05, 3.63) is 57.6 Å². The van der Waals surface area contributed by atoms with Crippen LogP contribution in [-0.4, -0.2) is 28.5 Å². The van der Waals surface area contributed by atoms with Crippen molar-refractivity contribution < 1.29 is 19.7 Å². The van der Waals surface area contributed by atoms with Crippen LogP contribution in [0.2, 0.25) is 0 Å². The Morgan fingerprint density at radius 3 is 2.13 bits per heavy atom. The number of hydrogen-bond acceptors (Lipinski definition) is 3. The third-order valence-corrected chi connectivity index (χ3v) is 6.35. The van der Waals surface area contributed by atoms with Gasteiger partial charge >= 0.3 is 6.09 Å². The summed E-state index contributed by atoms with van der Waals surface area (Å²) in [6, 6.07) is 7.99. The van der Waals surface area contributed by atoms with Crippen LogP contribution < -0.4 is 9.64 Å². The Hall–Kier alpha value is -2.53. The molecule has 0 bridgehead atoms. The first-order valence-corrected chi connectivity index (χ1v) is 10.9. The number of carboxylic acid groups (broad SMARTS) is 1. The van der Waals surface area contributed by atoms with Gasteiger partial charge in [-0.1, -0.05) is 38.1 Å². The van der Waals surface area contributed by atoms with Gasteiger partial charge in [0, 0.05) is 23.1 Å². The fraction of sp³-hybridized carbons (Fsp3) is 0.500. The summed E-state index contributed by atoms with van der Waals surface area (Å²) in [5.74, 6) is 1.09. The Morgan fingerprint density at radius 2 is 1.65 bits per heavy atom. The number of ether oxygens (including phenoxy) is 1. The molecule has 1 unspecified atom stereocenters. The molecule has 1 atom stereocenters. The van der Waals surface area contributed by atoms with E-state index in [1.807, 2.05) is 58.9 Å². The second kappa shape index (κ2) is 7.86. The summed E-state index contributed by atoms with van der Waals surface area (Å²) < 4.78 is 6.02. The zero-order valence-electron chi connectivity index (χ0n) is 20.0. The molecule has 2 N–H and O–H groups in total. The molecule has 0 spiro atoms. The molecule has 1 amide bonds. The van der Waals surface area contributed by atoms with E-state index >= 15 is 0 Å². The number of aliphatic hydroxyl groups is 1. The molecule has 1 heterocycles. The van der Waals surface area contributed by atoms with Crippen molar-refractivity contribution in [3.63, 3.8) is 0 Å². The van der Waals surface area contributed by atoms with Crippen molar-refractivity contribution in [2.24, 2.45) is 0 Å². The molecule has 0 radical (unpaired) electrons.